The molecule has 2 aromatic rings. The number of esters is 2. The van der Waals surface area contributed by atoms with Crippen molar-refractivity contribution in [3.05, 3.63) is 76.0 Å². The van der Waals surface area contributed by atoms with Crippen molar-refractivity contribution in [3.63, 3.8) is 0 Å². The van der Waals surface area contributed by atoms with Gasteiger partial charge in [-0.05, 0) is 29.8 Å². The van der Waals surface area contributed by atoms with E-state index in [1.807, 2.05) is 0 Å². The summed E-state index contributed by atoms with van der Waals surface area (Å²) in [5.41, 5.74) is 1.63. The molecule has 6 heteroatoms. The molecular formula is C17H10Cl2O4. The molecule has 0 saturated carbocycles. The highest BCUT2D eigenvalue weighted by Gasteiger charge is 2.36. The molecule has 2 aromatic carbocycles. The molecular weight excluding hydrogens is 339 g/mol. The van der Waals surface area contributed by atoms with Crippen molar-refractivity contribution >= 4 is 35.1 Å². The zero-order valence-corrected chi connectivity index (χ0v) is 13.2. The van der Waals surface area contributed by atoms with Crippen LogP contribution in [0.5, 0.6) is 5.75 Å². The molecule has 0 bridgehead atoms. The van der Waals surface area contributed by atoms with E-state index in [1.165, 1.54) is 6.07 Å². The Kier molecular flexibility index (Phi) is 4.11. The summed E-state index contributed by atoms with van der Waals surface area (Å²) < 4.78 is 9.94. The maximum atomic E-state index is 12.2. The number of benzene rings is 2. The maximum Gasteiger partial charge on any atom is 0.342 e. The molecule has 0 radical (unpaired) electrons. The lowest BCUT2D eigenvalue weighted by atomic mass is 9.92. The molecule has 4 nitrogen and oxygen atoms in total. The van der Waals surface area contributed by atoms with Crippen LogP contribution in [0.15, 0.2) is 49.2 Å². The van der Waals surface area contributed by atoms with Crippen molar-refractivity contribution in [2.45, 2.75) is 5.92 Å². The molecule has 1 aliphatic heterocycles. The largest absolute Gasteiger partial charge is 0.432 e. The summed E-state index contributed by atoms with van der Waals surface area (Å²) in [6.07, 6.45) is 1.06. The van der Waals surface area contributed by atoms with E-state index in [2.05, 4.69) is 6.58 Å². The number of rotatable bonds is 3. The Labute approximate surface area is 142 Å². The third-order valence-electron chi connectivity index (χ3n) is 3.46. The Bertz CT molecular complexity index is 812. The summed E-state index contributed by atoms with van der Waals surface area (Å²) in [6, 6.07) is 9.63. The minimum Gasteiger partial charge on any atom is -0.432 e. The Hall–Kier alpha value is -2.30. The lowest BCUT2D eigenvalue weighted by molar-refractivity contribution is -0.133. The minimum atomic E-state index is -0.634. The van der Waals surface area contributed by atoms with E-state index < -0.39 is 17.9 Å². The van der Waals surface area contributed by atoms with E-state index in [0.717, 1.165) is 6.26 Å². The van der Waals surface area contributed by atoms with Gasteiger partial charge in [0.1, 0.15) is 5.92 Å². The summed E-state index contributed by atoms with van der Waals surface area (Å²) in [7, 11) is 0. The van der Waals surface area contributed by atoms with Gasteiger partial charge in [0, 0.05) is 10.6 Å². The molecule has 1 unspecified atom stereocenters. The van der Waals surface area contributed by atoms with Gasteiger partial charge in [0.05, 0.1) is 16.8 Å². The molecule has 1 aliphatic rings. The minimum absolute atomic E-state index is 0.287. The van der Waals surface area contributed by atoms with Crippen LogP contribution in [-0.2, 0) is 9.53 Å². The van der Waals surface area contributed by atoms with E-state index in [4.69, 9.17) is 32.7 Å². The molecule has 0 N–H and O–H groups in total. The number of halogens is 2. The lowest BCUT2D eigenvalue weighted by Gasteiger charge is -2.09. The van der Waals surface area contributed by atoms with Gasteiger partial charge >= 0.3 is 11.9 Å². The van der Waals surface area contributed by atoms with Gasteiger partial charge in [-0.1, -0.05) is 41.9 Å². The van der Waals surface area contributed by atoms with Crippen molar-refractivity contribution in [1.82, 2.24) is 0 Å². The Morgan fingerprint density at radius 3 is 2.57 bits per heavy atom. The quantitative estimate of drug-likeness (QED) is 0.470. The molecule has 23 heavy (non-hydrogen) atoms. The number of carbonyl (C=O) groups is 2. The normalized spacial score (nSPS) is 15.7. The van der Waals surface area contributed by atoms with Crippen LogP contribution in [0.3, 0.4) is 0 Å². The third kappa shape index (κ3) is 2.83. The maximum absolute atomic E-state index is 12.2. The Morgan fingerprint density at radius 2 is 1.91 bits per heavy atom. The average molecular weight is 349 g/mol. The zero-order valence-electron chi connectivity index (χ0n) is 11.7. The lowest BCUT2D eigenvalue weighted by Crippen LogP contribution is -2.11. The van der Waals surface area contributed by atoms with E-state index in [-0.39, 0.29) is 5.02 Å². The van der Waals surface area contributed by atoms with E-state index in [0.29, 0.717) is 27.5 Å². The molecule has 116 valence electrons. The second-order valence-corrected chi connectivity index (χ2v) is 5.70. The smallest absolute Gasteiger partial charge is 0.342 e. The fourth-order valence-corrected chi connectivity index (χ4v) is 3.01. The predicted octanol–water partition coefficient (Wildman–Crippen LogP) is 4.34. The first-order chi connectivity index (χ1) is 11.0. The molecule has 0 fully saturated rings. The summed E-state index contributed by atoms with van der Waals surface area (Å²) in [6.45, 7) is 3.33. The predicted molar refractivity (Wildman–Crippen MR) is 86.0 cm³/mol. The third-order valence-corrected chi connectivity index (χ3v) is 3.96. The van der Waals surface area contributed by atoms with Gasteiger partial charge in [0.2, 0.25) is 0 Å². The first-order valence-corrected chi connectivity index (χ1v) is 7.39. The first kappa shape index (κ1) is 15.6. The standard InChI is InChI=1S/C17H10Cl2O4/c1-2-22-16(20)10-5-3-9(4-6-10)14-12-7-11(18)8-13(19)15(12)23-17(14)21/h2-8,14H,1H2. The van der Waals surface area contributed by atoms with Crippen LogP contribution >= 0.6 is 23.2 Å². The van der Waals surface area contributed by atoms with Crippen LogP contribution in [0.2, 0.25) is 10.0 Å². The van der Waals surface area contributed by atoms with E-state index >= 15 is 0 Å². The highest BCUT2D eigenvalue weighted by atomic mass is 35.5. The van der Waals surface area contributed by atoms with Crippen LogP contribution < -0.4 is 4.74 Å². The Morgan fingerprint density at radius 1 is 1.22 bits per heavy atom. The van der Waals surface area contributed by atoms with Crippen LogP contribution in [0.1, 0.15) is 27.4 Å². The molecule has 1 heterocycles. The van der Waals surface area contributed by atoms with Crippen molar-refractivity contribution < 1.29 is 19.1 Å². The summed E-state index contributed by atoms with van der Waals surface area (Å²) in [4.78, 5) is 23.8. The fourth-order valence-electron chi connectivity index (χ4n) is 2.46. The summed E-state index contributed by atoms with van der Waals surface area (Å²) >= 11 is 12.1. The van der Waals surface area contributed by atoms with Crippen LogP contribution in [0, 0.1) is 0 Å². The topological polar surface area (TPSA) is 52.6 Å². The molecule has 0 saturated heterocycles. The molecule has 0 aliphatic carbocycles. The summed E-state index contributed by atoms with van der Waals surface area (Å²) in [5, 5.41) is 0.706. The van der Waals surface area contributed by atoms with Gasteiger partial charge in [-0.25, -0.2) is 4.79 Å². The van der Waals surface area contributed by atoms with Gasteiger partial charge in [-0.2, -0.15) is 0 Å². The van der Waals surface area contributed by atoms with E-state index in [1.54, 1.807) is 30.3 Å². The molecule has 0 aromatic heterocycles. The van der Waals surface area contributed by atoms with Crippen molar-refractivity contribution in [2.75, 3.05) is 0 Å². The highest BCUT2D eigenvalue weighted by Crippen LogP contribution is 2.44. The second-order valence-electron chi connectivity index (χ2n) is 4.85. The van der Waals surface area contributed by atoms with Crippen molar-refractivity contribution in [1.29, 1.82) is 0 Å². The van der Waals surface area contributed by atoms with Gasteiger partial charge in [-0.3, -0.25) is 4.79 Å². The number of fused-ring (bicyclic) bond motifs is 1. The summed E-state index contributed by atoms with van der Waals surface area (Å²) in [5.74, 6) is -1.27. The average Bonchev–Trinajstić information content (AvgIpc) is 2.84. The number of hydrogen-bond donors (Lipinski definition) is 0. The first-order valence-electron chi connectivity index (χ1n) is 6.63. The number of carbonyl (C=O) groups excluding carboxylic acids is 2. The SMILES string of the molecule is C=COC(=O)c1ccc(C2C(=O)Oc3c(Cl)cc(Cl)cc32)cc1. The van der Waals surface area contributed by atoms with E-state index in [9.17, 15) is 9.59 Å². The molecule has 1 atom stereocenters. The monoisotopic (exact) mass is 348 g/mol. The molecule has 0 spiro atoms. The van der Waals surface area contributed by atoms with Gasteiger partial charge in [0.15, 0.2) is 5.75 Å². The van der Waals surface area contributed by atoms with Gasteiger partial charge < -0.3 is 9.47 Å². The van der Waals surface area contributed by atoms with Crippen LogP contribution in [0.4, 0.5) is 0 Å². The fraction of sp³-hybridized carbons (Fsp3) is 0.0588. The second kappa shape index (κ2) is 6.07. The van der Waals surface area contributed by atoms with Crippen molar-refractivity contribution in [3.8, 4) is 5.75 Å². The Balaban J connectivity index is 1.99. The zero-order chi connectivity index (χ0) is 16.6. The van der Waals surface area contributed by atoms with Crippen molar-refractivity contribution in [2.24, 2.45) is 0 Å². The van der Waals surface area contributed by atoms with Crippen LogP contribution in [0.25, 0.3) is 0 Å². The van der Waals surface area contributed by atoms with Crippen LogP contribution in [-0.4, -0.2) is 11.9 Å². The molecule has 0 amide bonds. The number of ether oxygens (including phenoxy) is 2. The number of hydrogen-bond acceptors (Lipinski definition) is 4. The molecule has 3 rings (SSSR count). The highest BCUT2D eigenvalue weighted by molar-refractivity contribution is 6.36. The van der Waals surface area contributed by atoms with Gasteiger partial charge in [0.25, 0.3) is 0 Å². The van der Waals surface area contributed by atoms with Gasteiger partial charge in [-0.15, -0.1) is 0 Å².